The zero-order chi connectivity index (χ0) is 30.8. The monoisotopic (exact) mass is 588 g/mol. The number of esters is 1. The van der Waals surface area contributed by atoms with Gasteiger partial charge in [0, 0.05) is 18.1 Å². The minimum atomic E-state index is -1.38. The van der Waals surface area contributed by atoms with Crippen LogP contribution in [-0.4, -0.2) is 72.9 Å². The van der Waals surface area contributed by atoms with Gasteiger partial charge < -0.3 is 34.0 Å². The molecular weight excluding hydrogens is 540 g/mol. The number of allylic oxidation sites excluding steroid dienone is 2. The first kappa shape index (κ1) is 31.4. The third-order valence-electron chi connectivity index (χ3n) is 11.6. The summed E-state index contributed by atoms with van der Waals surface area (Å²) in [5, 5.41) is 22.6. The van der Waals surface area contributed by atoms with Crippen molar-refractivity contribution >= 4 is 18.2 Å². The Bertz CT molecular complexity index is 1160. The van der Waals surface area contributed by atoms with E-state index < -0.39 is 58.9 Å². The van der Waals surface area contributed by atoms with Gasteiger partial charge in [0.1, 0.15) is 23.9 Å². The average Bonchev–Trinajstić information content (AvgIpc) is 3.62. The molecule has 2 N–H and O–H groups in total. The molecule has 0 aromatic carbocycles. The molecule has 1 heterocycles. The second-order valence-corrected chi connectivity index (χ2v) is 13.8. The Morgan fingerprint density at radius 2 is 1.93 bits per heavy atom. The standard InChI is InChI=1S/C33H48O9/c1-8-9-10-19(5)28(36)42-27-25(35)29(41-20(6)26(27)39-7)40-16-32-21-13-23(17(2)3)33(32,30(37)38)31(14-21,15-34)22-12-11-18(4)24(22)32/h10,13,15,17-18,20-22,24-27,29,35H,8-9,11-12,14,16H2,1-7H3,(H,37,38)/b19-10+/t18-,20-,21?,22-,24-,25+,26-,27+,29-,31?,32?,33?/m1/s1. The van der Waals surface area contributed by atoms with Crippen LogP contribution in [0.15, 0.2) is 23.3 Å². The highest BCUT2D eigenvalue weighted by molar-refractivity contribution is 5.91. The van der Waals surface area contributed by atoms with E-state index in [9.17, 15) is 24.6 Å². The fraction of sp³-hybridized carbons (Fsp3) is 0.788. The lowest BCUT2D eigenvalue weighted by Gasteiger charge is -2.48. The molecule has 4 bridgehead atoms. The zero-order valence-electron chi connectivity index (χ0n) is 26.0. The van der Waals surface area contributed by atoms with E-state index in [2.05, 4.69) is 13.0 Å². The third kappa shape index (κ3) is 3.92. The fourth-order valence-electron chi connectivity index (χ4n) is 10.2. The molecule has 9 nitrogen and oxygen atoms in total. The van der Waals surface area contributed by atoms with Crippen molar-refractivity contribution in [2.75, 3.05) is 13.7 Å². The fourth-order valence-corrected chi connectivity index (χ4v) is 10.2. The summed E-state index contributed by atoms with van der Waals surface area (Å²) in [5.74, 6) is -1.52. The van der Waals surface area contributed by atoms with Gasteiger partial charge in [-0.15, -0.1) is 0 Å². The summed E-state index contributed by atoms with van der Waals surface area (Å²) >= 11 is 0. The van der Waals surface area contributed by atoms with Crippen LogP contribution >= 0.6 is 0 Å². The number of aliphatic carboxylic acids is 1. The van der Waals surface area contributed by atoms with E-state index >= 15 is 0 Å². The first-order valence-electron chi connectivity index (χ1n) is 15.7. The Kier molecular flexibility index (Phi) is 8.31. The van der Waals surface area contributed by atoms with E-state index in [1.54, 1.807) is 13.8 Å². The van der Waals surface area contributed by atoms with Crippen molar-refractivity contribution in [2.45, 2.75) is 104 Å². The quantitative estimate of drug-likeness (QED) is 0.157. The predicted molar refractivity (Wildman–Crippen MR) is 153 cm³/mol. The lowest BCUT2D eigenvalue weighted by Crippen LogP contribution is -2.60. The molecule has 4 aliphatic carbocycles. The summed E-state index contributed by atoms with van der Waals surface area (Å²) in [5.41, 5.74) is -1.95. The smallest absolute Gasteiger partial charge is 0.333 e. The number of fused-ring (bicyclic) bond motifs is 2. The molecule has 3 saturated carbocycles. The van der Waals surface area contributed by atoms with E-state index in [-0.39, 0.29) is 36.2 Å². The molecule has 9 heteroatoms. The van der Waals surface area contributed by atoms with Gasteiger partial charge in [-0.2, -0.15) is 0 Å². The highest BCUT2D eigenvalue weighted by Gasteiger charge is 2.89. The maximum Gasteiger partial charge on any atom is 0.333 e. The van der Waals surface area contributed by atoms with Gasteiger partial charge in [-0.25, -0.2) is 4.79 Å². The number of aliphatic hydroxyl groups is 1. The highest BCUT2D eigenvalue weighted by atomic mass is 16.7. The number of methoxy groups -OCH3 is 1. The zero-order valence-corrected chi connectivity index (χ0v) is 26.0. The molecule has 4 unspecified atom stereocenters. The highest BCUT2D eigenvalue weighted by Crippen LogP contribution is 2.87. The van der Waals surface area contributed by atoms with Gasteiger partial charge in [-0.3, -0.25) is 4.79 Å². The lowest BCUT2D eigenvalue weighted by atomic mass is 9.55. The molecule has 12 atom stereocenters. The van der Waals surface area contributed by atoms with Gasteiger partial charge in [-0.1, -0.05) is 58.3 Å². The van der Waals surface area contributed by atoms with Crippen molar-refractivity contribution in [3.8, 4) is 0 Å². The number of rotatable bonds is 11. The van der Waals surface area contributed by atoms with Crippen LogP contribution in [0.3, 0.4) is 0 Å². The number of carbonyl (C=O) groups is 3. The molecule has 0 aromatic heterocycles. The molecule has 4 fully saturated rings. The summed E-state index contributed by atoms with van der Waals surface area (Å²) in [4.78, 5) is 39.6. The maximum absolute atomic E-state index is 13.6. The van der Waals surface area contributed by atoms with Crippen LogP contribution in [0, 0.1) is 45.8 Å². The molecule has 0 radical (unpaired) electrons. The Morgan fingerprint density at radius 3 is 2.52 bits per heavy atom. The number of hydrogen-bond acceptors (Lipinski definition) is 8. The molecule has 0 aromatic rings. The second kappa shape index (κ2) is 11.1. The van der Waals surface area contributed by atoms with Gasteiger partial charge in [0.25, 0.3) is 0 Å². The van der Waals surface area contributed by atoms with Crippen molar-refractivity contribution in [1.29, 1.82) is 0 Å². The van der Waals surface area contributed by atoms with E-state index in [1.807, 2.05) is 26.8 Å². The lowest BCUT2D eigenvalue weighted by molar-refractivity contribution is -0.307. The number of hydrogen-bond donors (Lipinski definition) is 2. The molecule has 0 spiro atoms. The van der Waals surface area contributed by atoms with E-state index in [1.165, 1.54) is 7.11 Å². The predicted octanol–water partition coefficient (Wildman–Crippen LogP) is 4.32. The average molecular weight is 589 g/mol. The van der Waals surface area contributed by atoms with Crippen LogP contribution in [0.5, 0.6) is 0 Å². The number of carboxylic acid groups (broad SMARTS) is 1. The summed E-state index contributed by atoms with van der Waals surface area (Å²) in [6, 6.07) is 0. The maximum atomic E-state index is 13.6. The summed E-state index contributed by atoms with van der Waals surface area (Å²) in [6.07, 6.45) is 3.87. The first-order valence-corrected chi connectivity index (χ1v) is 15.7. The molecular formula is C33H48O9. The number of carbonyl (C=O) groups excluding carboxylic acids is 2. The van der Waals surface area contributed by atoms with Crippen LogP contribution < -0.4 is 0 Å². The van der Waals surface area contributed by atoms with Crippen LogP contribution in [0.1, 0.15) is 73.6 Å². The molecule has 1 aliphatic heterocycles. The summed E-state index contributed by atoms with van der Waals surface area (Å²) in [7, 11) is 1.48. The van der Waals surface area contributed by atoms with Gasteiger partial charge in [0.15, 0.2) is 12.4 Å². The second-order valence-electron chi connectivity index (χ2n) is 13.8. The third-order valence-corrected chi connectivity index (χ3v) is 11.6. The number of aliphatic hydroxyl groups excluding tert-OH is 1. The van der Waals surface area contributed by atoms with Gasteiger partial charge in [0.05, 0.1) is 18.1 Å². The van der Waals surface area contributed by atoms with E-state index in [0.717, 1.165) is 37.5 Å². The van der Waals surface area contributed by atoms with Crippen molar-refractivity contribution < 1.29 is 43.5 Å². The molecule has 5 rings (SSSR count). The van der Waals surface area contributed by atoms with Crippen LogP contribution in [-0.2, 0) is 33.3 Å². The van der Waals surface area contributed by atoms with E-state index in [4.69, 9.17) is 18.9 Å². The van der Waals surface area contributed by atoms with Crippen molar-refractivity contribution in [3.05, 3.63) is 23.3 Å². The van der Waals surface area contributed by atoms with Gasteiger partial charge in [-0.05, 0) is 62.7 Å². The number of carboxylic acids is 1. The SMILES string of the molecule is CCC/C=C(\C)C(=O)O[C@H]1[C@H](O)[C@H](OCC23C4C=C(C(C)C)C2(C(=O)O)C(C=O)(C4)[C@@H]2CC[C@@H](C)[C@H]23)O[C@H](C)[C@H]1OC. The van der Waals surface area contributed by atoms with Crippen molar-refractivity contribution in [2.24, 2.45) is 45.8 Å². The van der Waals surface area contributed by atoms with Crippen molar-refractivity contribution in [1.82, 2.24) is 0 Å². The number of ether oxygens (including phenoxy) is 4. The summed E-state index contributed by atoms with van der Waals surface area (Å²) in [6.45, 7) is 11.6. The normalized spacial score (nSPS) is 45.7. The van der Waals surface area contributed by atoms with Gasteiger partial charge >= 0.3 is 11.9 Å². The molecule has 5 aliphatic rings. The first-order chi connectivity index (χ1) is 19.9. The molecule has 42 heavy (non-hydrogen) atoms. The topological polar surface area (TPSA) is 129 Å². The molecule has 234 valence electrons. The minimum absolute atomic E-state index is 0.0139. The largest absolute Gasteiger partial charge is 0.481 e. The number of aldehydes is 1. The minimum Gasteiger partial charge on any atom is -0.481 e. The van der Waals surface area contributed by atoms with Crippen molar-refractivity contribution in [3.63, 3.8) is 0 Å². The van der Waals surface area contributed by atoms with Crippen LogP contribution in [0.25, 0.3) is 0 Å². The number of unbranched alkanes of at least 4 members (excludes halogenated alkanes) is 1. The van der Waals surface area contributed by atoms with Crippen LogP contribution in [0.2, 0.25) is 0 Å². The Hall–Kier alpha value is -2.07. The van der Waals surface area contributed by atoms with Gasteiger partial charge in [0.2, 0.25) is 0 Å². The Labute approximate surface area is 249 Å². The van der Waals surface area contributed by atoms with E-state index in [0.29, 0.717) is 12.0 Å². The summed E-state index contributed by atoms with van der Waals surface area (Å²) < 4.78 is 24.0. The molecule has 1 saturated heterocycles. The molecule has 0 amide bonds. The van der Waals surface area contributed by atoms with Crippen LogP contribution in [0.4, 0.5) is 0 Å². The Morgan fingerprint density at radius 1 is 1.21 bits per heavy atom. The Balaban J connectivity index is 1.49.